The fourth-order valence-corrected chi connectivity index (χ4v) is 6.49. The number of carbonyl (C=O) groups excluding carboxylic acids is 2. The van der Waals surface area contributed by atoms with E-state index in [0.717, 1.165) is 32.2 Å². The third-order valence-electron chi connectivity index (χ3n) is 8.60. The molecule has 1 aromatic heterocycles. The smallest absolute Gasteiger partial charge is 0.348 e. The van der Waals surface area contributed by atoms with Crippen LogP contribution in [-0.4, -0.2) is 52.2 Å². The number of carbonyl (C=O) groups is 2. The van der Waals surface area contributed by atoms with Crippen molar-refractivity contribution in [1.82, 2.24) is 25.3 Å². The number of nitrogens with zero attached hydrogens (tertiary/aromatic N) is 3. The van der Waals surface area contributed by atoms with Gasteiger partial charge in [0.25, 0.3) is 6.43 Å². The minimum atomic E-state index is -4.90. The highest BCUT2D eigenvalue weighted by atomic mass is 19.4. The van der Waals surface area contributed by atoms with Gasteiger partial charge in [-0.15, -0.1) is 0 Å². The van der Waals surface area contributed by atoms with Gasteiger partial charge in [0.1, 0.15) is 17.9 Å². The summed E-state index contributed by atoms with van der Waals surface area (Å²) in [7, 11) is 0. The zero-order valence-electron chi connectivity index (χ0n) is 22.1. The molecule has 2 saturated heterocycles. The lowest BCUT2D eigenvalue weighted by Gasteiger charge is -2.40. The minimum Gasteiger partial charge on any atom is -0.348 e. The molecule has 3 unspecified atom stereocenters. The number of rotatable bonds is 6. The number of fused-ring (bicyclic) bond motifs is 1. The van der Waals surface area contributed by atoms with E-state index in [-0.39, 0.29) is 23.9 Å². The topological polar surface area (TPSA) is 79.3 Å². The van der Waals surface area contributed by atoms with Gasteiger partial charge in [-0.05, 0) is 80.5 Å². The SMILES string of the molecule is O=C(NC1CCCc2ccccc21)C1CC(C2CCN(C(=O)Cn3nc(C(F)F)cc3C(F)(F)F)CC2)CCN1. The Labute approximate surface area is 229 Å². The molecule has 5 rings (SSSR count). The van der Waals surface area contributed by atoms with Crippen LogP contribution in [0.3, 0.4) is 0 Å². The van der Waals surface area contributed by atoms with E-state index in [1.54, 1.807) is 0 Å². The molecule has 0 saturated carbocycles. The number of halogens is 5. The summed E-state index contributed by atoms with van der Waals surface area (Å²) >= 11 is 0. The molecule has 40 heavy (non-hydrogen) atoms. The van der Waals surface area contributed by atoms with Gasteiger partial charge in [0, 0.05) is 13.1 Å². The van der Waals surface area contributed by atoms with Crippen molar-refractivity contribution >= 4 is 11.8 Å². The summed E-state index contributed by atoms with van der Waals surface area (Å²) in [5.74, 6) is 0.00671. The highest BCUT2D eigenvalue weighted by Crippen LogP contribution is 2.35. The Hall–Kier alpha value is -3.02. The van der Waals surface area contributed by atoms with Gasteiger partial charge in [-0.2, -0.15) is 18.3 Å². The van der Waals surface area contributed by atoms with Crippen LogP contribution in [0.1, 0.15) is 73.5 Å². The van der Waals surface area contributed by atoms with E-state index in [9.17, 15) is 31.5 Å². The fourth-order valence-electron chi connectivity index (χ4n) is 6.49. The van der Waals surface area contributed by atoms with Gasteiger partial charge in [-0.25, -0.2) is 8.78 Å². The molecule has 2 amide bonds. The third-order valence-corrected chi connectivity index (χ3v) is 8.60. The first-order valence-corrected chi connectivity index (χ1v) is 13.9. The van der Waals surface area contributed by atoms with Crippen molar-refractivity contribution in [3.05, 3.63) is 52.8 Å². The van der Waals surface area contributed by atoms with Gasteiger partial charge in [-0.3, -0.25) is 14.3 Å². The zero-order chi connectivity index (χ0) is 28.4. The molecular weight excluding hydrogens is 533 g/mol. The van der Waals surface area contributed by atoms with Crippen LogP contribution in [0.2, 0.25) is 0 Å². The second kappa shape index (κ2) is 11.8. The van der Waals surface area contributed by atoms with Gasteiger partial charge in [0.2, 0.25) is 11.8 Å². The Balaban J connectivity index is 1.14. The first kappa shape index (κ1) is 28.5. The molecule has 3 atom stereocenters. The van der Waals surface area contributed by atoms with Crippen molar-refractivity contribution in [1.29, 1.82) is 0 Å². The predicted molar refractivity (Wildman–Crippen MR) is 136 cm³/mol. The maximum Gasteiger partial charge on any atom is 0.433 e. The lowest BCUT2D eigenvalue weighted by Crippen LogP contribution is -2.51. The Bertz CT molecular complexity index is 1210. The Kier molecular flexibility index (Phi) is 8.44. The normalized spacial score (nSPS) is 24.1. The van der Waals surface area contributed by atoms with Crippen LogP contribution in [0.15, 0.2) is 30.3 Å². The summed E-state index contributed by atoms with van der Waals surface area (Å²) in [6.07, 6.45) is -2.14. The molecule has 7 nitrogen and oxygen atoms in total. The molecule has 12 heteroatoms. The summed E-state index contributed by atoms with van der Waals surface area (Å²) in [5, 5.41) is 9.93. The lowest BCUT2D eigenvalue weighted by atomic mass is 9.77. The molecule has 3 heterocycles. The van der Waals surface area contributed by atoms with Gasteiger partial charge in [0.15, 0.2) is 0 Å². The van der Waals surface area contributed by atoms with Crippen molar-refractivity contribution < 1.29 is 31.5 Å². The molecule has 2 fully saturated rings. The molecule has 2 aromatic rings. The van der Waals surface area contributed by atoms with E-state index in [4.69, 9.17) is 0 Å². The van der Waals surface area contributed by atoms with E-state index < -0.39 is 36.4 Å². The number of amides is 2. The largest absolute Gasteiger partial charge is 0.433 e. The maximum absolute atomic E-state index is 13.3. The zero-order valence-corrected chi connectivity index (χ0v) is 22.1. The number of hydrogen-bond donors (Lipinski definition) is 2. The van der Waals surface area contributed by atoms with Gasteiger partial charge >= 0.3 is 6.18 Å². The molecular formula is C28H34F5N5O2. The number of alkyl halides is 5. The molecule has 218 valence electrons. The predicted octanol–water partition coefficient (Wildman–Crippen LogP) is 4.64. The molecule has 3 aliphatic rings. The summed E-state index contributed by atoms with van der Waals surface area (Å²) in [6.45, 7) is 0.711. The van der Waals surface area contributed by atoms with Gasteiger partial charge < -0.3 is 15.5 Å². The van der Waals surface area contributed by atoms with Crippen molar-refractivity contribution in [2.45, 2.75) is 76.2 Å². The van der Waals surface area contributed by atoms with Crippen LogP contribution in [0.25, 0.3) is 0 Å². The van der Waals surface area contributed by atoms with E-state index in [0.29, 0.717) is 49.0 Å². The first-order valence-electron chi connectivity index (χ1n) is 13.9. The quantitative estimate of drug-likeness (QED) is 0.499. The summed E-state index contributed by atoms with van der Waals surface area (Å²) in [5.41, 5.74) is 0.110. The highest BCUT2D eigenvalue weighted by Gasteiger charge is 2.39. The molecule has 0 bridgehead atoms. The average Bonchev–Trinajstić information content (AvgIpc) is 3.38. The van der Waals surface area contributed by atoms with Gasteiger partial charge in [0.05, 0.1) is 12.1 Å². The van der Waals surface area contributed by atoms with Crippen molar-refractivity contribution in [3.8, 4) is 0 Å². The summed E-state index contributed by atoms with van der Waals surface area (Å²) in [4.78, 5) is 27.5. The third kappa shape index (κ3) is 6.31. The highest BCUT2D eigenvalue weighted by molar-refractivity contribution is 5.82. The second-order valence-electron chi connectivity index (χ2n) is 11.1. The lowest BCUT2D eigenvalue weighted by molar-refractivity contribution is -0.146. The molecule has 2 aliphatic heterocycles. The molecule has 1 aromatic carbocycles. The number of aryl methyl sites for hydroxylation is 1. The summed E-state index contributed by atoms with van der Waals surface area (Å²) < 4.78 is 66.1. The van der Waals surface area contributed by atoms with E-state index >= 15 is 0 Å². The number of nitrogens with one attached hydrogen (secondary N) is 2. The van der Waals surface area contributed by atoms with Crippen molar-refractivity contribution in [2.75, 3.05) is 19.6 Å². The van der Waals surface area contributed by atoms with Gasteiger partial charge in [-0.1, -0.05) is 24.3 Å². The Morgan fingerprint density at radius 1 is 1.07 bits per heavy atom. The number of likely N-dealkylation sites (tertiary alicyclic amines) is 1. The number of aromatic nitrogens is 2. The average molecular weight is 568 g/mol. The first-order chi connectivity index (χ1) is 19.1. The fraction of sp³-hybridized carbons (Fsp3) is 0.607. The van der Waals surface area contributed by atoms with Crippen molar-refractivity contribution in [2.24, 2.45) is 11.8 Å². The van der Waals surface area contributed by atoms with Crippen LogP contribution in [0, 0.1) is 11.8 Å². The van der Waals surface area contributed by atoms with Crippen LogP contribution in [-0.2, 0) is 28.7 Å². The van der Waals surface area contributed by atoms with Crippen LogP contribution >= 0.6 is 0 Å². The minimum absolute atomic E-state index is 0.00174. The van der Waals surface area contributed by atoms with E-state index in [1.165, 1.54) is 16.0 Å². The molecule has 2 N–H and O–H groups in total. The number of piperidine rings is 2. The Morgan fingerprint density at radius 2 is 1.82 bits per heavy atom. The monoisotopic (exact) mass is 567 g/mol. The standard InChI is InChI=1S/C28H34F5N5O2/c29-26(30)22-15-24(28(31,32)33)38(36-22)16-25(39)37-12-9-17(10-13-37)19-8-11-34-23(14-19)27(40)35-21-7-3-5-18-4-1-2-6-20(18)21/h1-2,4,6,15,17,19,21,23,26,34H,3,5,7-14,16H2,(H,35,40). The maximum atomic E-state index is 13.3. The van der Waals surface area contributed by atoms with E-state index in [2.05, 4.69) is 27.9 Å². The molecule has 1 aliphatic carbocycles. The molecule has 0 spiro atoms. The Morgan fingerprint density at radius 3 is 2.55 bits per heavy atom. The van der Waals surface area contributed by atoms with Crippen LogP contribution < -0.4 is 10.6 Å². The number of benzene rings is 1. The van der Waals surface area contributed by atoms with Crippen LogP contribution in [0.4, 0.5) is 22.0 Å². The van der Waals surface area contributed by atoms with Crippen molar-refractivity contribution in [3.63, 3.8) is 0 Å². The molecule has 0 radical (unpaired) electrons. The van der Waals surface area contributed by atoms with Crippen LogP contribution in [0.5, 0.6) is 0 Å². The summed E-state index contributed by atoms with van der Waals surface area (Å²) in [6, 6.07) is 8.23. The second-order valence-corrected chi connectivity index (χ2v) is 11.1. The van der Waals surface area contributed by atoms with E-state index in [1.807, 2.05) is 12.1 Å². The number of hydrogen-bond acceptors (Lipinski definition) is 4.